The lowest BCUT2D eigenvalue weighted by atomic mass is 9.94. The van der Waals surface area contributed by atoms with Gasteiger partial charge in [-0.15, -0.1) is 11.3 Å². The molecule has 7 heteroatoms. The average molecular weight is 448 g/mol. The van der Waals surface area contributed by atoms with Crippen LogP contribution in [0.25, 0.3) is 21.3 Å². The van der Waals surface area contributed by atoms with E-state index in [0.29, 0.717) is 32.3 Å². The number of nitrogens with two attached hydrogens (primary N) is 2. The Morgan fingerprint density at radius 3 is 2.41 bits per heavy atom. The Morgan fingerprint density at radius 1 is 1.16 bits per heavy atom. The van der Waals surface area contributed by atoms with Crippen molar-refractivity contribution >= 4 is 39.0 Å². The van der Waals surface area contributed by atoms with E-state index < -0.39 is 0 Å². The van der Waals surface area contributed by atoms with Gasteiger partial charge in [0.1, 0.15) is 27.2 Å². The maximum absolute atomic E-state index is 13.1. The standard InChI is InChI=1S/C25H29N5OS/c1-14(2)15-9-11-16(12-10-15)19-18(13-26)23(28)30-25-20(19)21(27)22(32-25)24(31)29-17-7-5-3-4-6-8-17/h9-12,14,17H,3-8,27H2,1-2H3,(H2,28,30)(H,29,31). The third-order valence-electron chi connectivity index (χ3n) is 6.28. The molecule has 4 rings (SSSR count). The molecule has 0 spiro atoms. The fourth-order valence-electron chi connectivity index (χ4n) is 4.45. The molecule has 0 atom stereocenters. The van der Waals surface area contributed by atoms with E-state index in [1.165, 1.54) is 29.7 Å². The Labute approximate surface area is 192 Å². The maximum Gasteiger partial charge on any atom is 0.263 e. The summed E-state index contributed by atoms with van der Waals surface area (Å²) < 4.78 is 0. The molecule has 0 unspecified atom stereocenters. The van der Waals surface area contributed by atoms with Crippen molar-refractivity contribution in [3.05, 3.63) is 40.3 Å². The van der Waals surface area contributed by atoms with Crippen molar-refractivity contribution in [2.75, 3.05) is 11.5 Å². The second-order valence-electron chi connectivity index (χ2n) is 8.82. The highest BCUT2D eigenvalue weighted by Crippen LogP contribution is 2.42. The van der Waals surface area contributed by atoms with Crippen LogP contribution in [0, 0.1) is 11.3 Å². The summed E-state index contributed by atoms with van der Waals surface area (Å²) in [5.74, 6) is 0.378. The Bertz CT molecular complexity index is 1180. The molecule has 0 radical (unpaired) electrons. The Kier molecular flexibility index (Phi) is 6.33. The number of pyridine rings is 1. The number of hydrogen-bond acceptors (Lipinski definition) is 6. The van der Waals surface area contributed by atoms with Gasteiger partial charge in [-0.25, -0.2) is 4.98 Å². The molecule has 1 aromatic carbocycles. The Hall–Kier alpha value is -3.11. The summed E-state index contributed by atoms with van der Waals surface area (Å²) in [5.41, 5.74) is 16.0. The van der Waals surface area contributed by atoms with E-state index in [9.17, 15) is 10.1 Å². The molecule has 2 aromatic heterocycles. The molecule has 3 aromatic rings. The fraction of sp³-hybridized carbons (Fsp3) is 0.400. The first-order chi connectivity index (χ1) is 15.4. The summed E-state index contributed by atoms with van der Waals surface area (Å²) >= 11 is 1.24. The van der Waals surface area contributed by atoms with Crippen molar-refractivity contribution in [1.82, 2.24) is 10.3 Å². The smallest absolute Gasteiger partial charge is 0.263 e. The van der Waals surface area contributed by atoms with Gasteiger partial charge in [0.2, 0.25) is 0 Å². The van der Waals surface area contributed by atoms with Crippen LogP contribution >= 0.6 is 11.3 Å². The molecule has 1 aliphatic carbocycles. The number of amides is 1. The highest BCUT2D eigenvalue weighted by atomic mass is 32.1. The molecule has 0 bridgehead atoms. The molecule has 32 heavy (non-hydrogen) atoms. The maximum atomic E-state index is 13.1. The zero-order valence-electron chi connectivity index (χ0n) is 18.6. The van der Waals surface area contributed by atoms with Crippen LogP contribution in [0.1, 0.15) is 79.1 Å². The van der Waals surface area contributed by atoms with Crippen LogP contribution in [-0.2, 0) is 0 Å². The molecule has 166 valence electrons. The molecular weight excluding hydrogens is 418 g/mol. The summed E-state index contributed by atoms with van der Waals surface area (Å²) in [6, 6.07) is 10.4. The number of anilines is 2. The van der Waals surface area contributed by atoms with Gasteiger partial charge in [0.25, 0.3) is 5.91 Å². The quantitative estimate of drug-likeness (QED) is 0.452. The van der Waals surface area contributed by atoms with Crippen molar-refractivity contribution in [3.8, 4) is 17.2 Å². The number of benzene rings is 1. The van der Waals surface area contributed by atoms with E-state index >= 15 is 0 Å². The minimum absolute atomic E-state index is 0.153. The topological polar surface area (TPSA) is 118 Å². The monoisotopic (exact) mass is 447 g/mol. The summed E-state index contributed by atoms with van der Waals surface area (Å²) in [5, 5.41) is 13.6. The van der Waals surface area contributed by atoms with Crippen LogP contribution in [0.5, 0.6) is 0 Å². The summed E-state index contributed by atoms with van der Waals surface area (Å²) in [7, 11) is 0. The predicted octanol–water partition coefficient (Wildman–Crippen LogP) is 5.58. The second-order valence-corrected chi connectivity index (χ2v) is 9.82. The van der Waals surface area contributed by atoms with Gasteiger partial charge in [-0.1, -0.05) is 63.8 Å². The number of fused-ring (bicyclic) bond motifs is 1. The first-order valence-electron chi connectivity index (χ1n) is 11.2. The number of aromatic nitrogens is 1. The van der Waals surface area contributed by atoms with Crippen LogP contribution in [-0.4, -0.2) is 16.9 Å². The molecule has 1 saturated carbocycles. The third kappa shape index (κ3) is 4.15. The molecule has 5 N–H and O–H groups in total. The van der Waals surface area contributed by atoms with Gasteiger partial charge >= 0.3 is 0 Å². The molecular formula is C25H29N5OS. The zero-order chi connectivity index (χ0) is 22.8. The van der Waals surface area contributed by atoms with Gasteiger partial charge in [-0.2, -0.15) is 5.26 Å². The van der Waals surface area contributed by atoms with Crippen molar-refractivity contribution in [3.63, 3.8) is 0 Å². The van der Waals surface area contributed by atoms with Gasteiger partial charge in [0, 0.05) is 17.0 Å². The molecule has 0 aliphatic heterocycles. The van der Waals surface area contributed by atoms with Crippen LogP contribution in [0.2, 0.25) is 0 Å². The average Bonchev–Trinajstić information content (AvgIpc) is 2.93. The number of nitriles is 1. The highest BCUT2D eigenvalue weighted by molar-refractivity contribution is 7.21. The number of rotatable bonds is 4. The number of hydrogen-bond donors (Lipinski definition) is 3. The molecule has 0 saturated heterocycles. The number of carbonyl (C=O) groups is 1. The SMILES string of the molecule is CC(C)c1ccc(-c2c(C#N)c(N)nc3sc(C(=O)NC4CCCCCC4)c(N)c23)cc1. The van der Waals surface area contributed by atoms with Gasteiger partial charge in [-0.05, 0) is 29.9 Å². The number of thiophene rings is 1. The predicted molar refractivity (Wildman–Crippen MR) is 132 cm³/mol. The minimum atomic E-state index is -0.171. The molecule has 6 nitrogen and oxygen atoms in total. The third-order valence-corrected chi connectivity index (χ3v) is 7.38. The molecule has 1 amide bonds. The minimum Gasteiger partial charge on any atom is -0.397 e. The lowest BCUT2D eigenvalue weighted by molar-refractivity contribution is 0.0938. The van der Waals surface area contributed by atoms with E-state index in [0.717, 1.165) is 31.2 Å². The lowest BCUT2D eigenvalue weighted by Crippen LogP contribution is -2.34. The number of carbonyl (C=O) groups excluding carboxylic acids is 1. The van der Waals surface area contributed by atoms with E-state index in [-0.39, 0.29) is 23.3 Å². The van der Waals surface area contributed by atoms with Crippen LogP contribution < -0.4 is 16.8 Å². The van der Waals surface area contributed by atoms with E-state index in [1.807, 2.05) is 24.3 Å². The molecule has 1 fully saturated rings. The van der Waals surface area contributed by atoms with Crippen LogP contribution in [0.15, 0.2) is 24.3 Å². The summed E-state index contributed by atoms with van der Waals surface area (Å²) in [4.78, 5) is 18.5. The zero-order valence-corrected chi connectivity index (χ0v) is 19.4. The second kappa shape index (κ2) is 9.17. The van der Waals surface area contributed by atoms with Crippen molar-refractivity contribution < 1.29 is 4.79 Å². The van der Waals surface area contributed by atoms with Crippen LogP contribution in [0.3, 0.4) is 0 Å². The lowest BCUT2D eigenvalue weighted by Gasteiger charge is -2.15. The number of nitrogen functional groups attached to an aromatic ring is 2. The Morgan fingerprint density at radius 2 is 1.81 bits per heavy atom. The number of nitrogens with one attached hydrogen (secondary N) is 1. The normalized spacial score (nSPS) is 14.9. The first-order valence-corrected chi connectivity index (χ1v) is 12.0. The Balaban J connectivity index is 1.80. The van der Waals surface area contributed by atoms with Crippen molar-refractivity contribution in [2.45, 2.75) is 64.3 Å². The van der Waals surface area contributed by atoms with Gasteiger partial charge in [-0.3, -0.25) is 4.79 Å². The van der Waals surface area contributed by atoms with Crippen molar-refractivity contribution in [1.29, 1.82) is 5.26 Å². The molecule has 1 aliphatic rings. The van der Waals surface area contributed by atoms with E-state index in [1.54, 1.807) is 0 Å². The molecule has 2 heterocycles. The van der Waals surface area contributed by atoms with E-state index in [4.69, 9.17) is 11.5 Å². The summed E-state index contributed by atoms with van der Waals surface area (Å²) in [6.07, 6.45) is 6.69. The van der Waals surface area contributed by atoms with E-state index in [2.05, 4.69) is 30.2 Å². The van der Waals surface area contributed by atoms with Crippen LogP contribution in [0.4, 0.5) is 11.5 Å². The largest absolute Gasteiger partial charge is 0.397 e. The van der Waals surface area contributed by atoms with Gasteiger partial charge in [0.15, 0.2) is 0 Å². The van der Waals surface area contributed by atoms with Crippen molar-refractivity contribution in [2.24, 2.45) is 0 Å². The summed E-state index contributed by atoms with van der Waals surface area (Å²) in [6.45, 7) is 4.27. The first kappa shape index (κ1) is 22.1. The van der Waals surface area contributed by atoms with Gasteiger partial charge in [0.05, 0.1) is 5.69 Å². The van der Waals surface area contributed by atoms with Gasteiger partial charge < -0.3 is 16.8 Å². The number of nitrogens with zero attached hydrogens (tertiary/aromatic N) is 2. The fourth-order valence-corrected chi connectivity index (χ4v) is 5.47. The highest BCUT2D eigenvalue weighted by Gasteiger charge is 2.25.